The molecule has 0 radical (unpaired) electrons. The Kier molecular flexibility index (Phi) is 5.96. The Morgan fingerprint density at radius 1 is 0.968 bits per heavy atom. The molecular weight excluding hydrogens is 451 g/mol. The molecule has 1 aromatic heterocycles. The van der Waals surface area contributed by atoms with Crippen LogP contribution in [0.15, 0.2) is 53.6 Å². The normalized spacial score (nSPS) is 13.3. The van der Waals surface area contributed by atoms with Crippen molar-refractivity contribution < 1.29 is 30.7 Å². The molecule has 3 aromatic rings. The van der Waals surface area contributed by atoms with Crippen molar-refractivity contribution in [3.05, 3.63) is 70.4 Å². The fourth-order valence-electron chi connectivity index (χ4n) is 3.02. The average Bonchev–Trinajstić information content (AvgIpc) is 2.94. The van der Waals surface area contributed by atoms with Crippen LogP contribution in [0.1, 0.15) is 16.8 Å². The first-order valence-electron chi connectivity index (χ1n) is 8.80. The molecule has 0 aliphatic heterocycles. The molecule has 0 aliphatic rings. The molecule has 0 saturated heterocycles. The summed E-state index contributed by atoms with van der Waals surface area (Å²) in [5.41, 5.74) is 3.08. The van der Waals surface area contributed by atoms with E-state index in [4.69, 9.17) is 11.6 Å². The Bertz CT molecular complexity index is 1100. The second kappa shape index (κ2) is 8.07. The maximum absolute atomic E-state index is 13.4. The first kappa shape index (κ1) is 22.9. The van der Waals surface area contributed by atoms with Gasteiger partial charge in [0, 0.05) is 33.7 Å². The summed E-state index contributed by atoms with van der Waals surface area (Å²) in [5.74, 6) is -6.30. The highest BCUT2D eigenvalue weighted by Gasteiger charge is 2.73. The number of nitrogens with one attached hydrogen (secondary N) is 1. The Morgan fingerprint density at radius 3 is 2.19 bits per heavy atom. The third-order valence-corrected chi connectivity index (χ3v) is 4.93. The Morgan fingerprint density at radius 2 is 1.58 bits per heavy atom. The molecule has 3 nitrogen and oxygen atoms in total. The molecule has 1 N–H and O–H groups in total. The third kappa shape index (κ3) is 4.34. The predicted octanol–water partition coefficient (Wildman–Crippen LogP) is 6.37. The number of hydrogen-bond acceptors (Lipinski definition) is 2. The molecule has 0 amide bonds. The number of para-hydroxylation sites is 1. The number of fused-ring (bicyclic) bond motifs is 1. The second-order valence-electron chi connectivity index (χ2n) is 6.75. The lowest BCUT2D eigenvalue weighted by Gasteiger charge is -2.27. The van der Waals surface area contributed by atoms with Crippen LogP contribution in [0.4, 0.5) is 30.7 Å². The van der Waals surface area contributed by atoms with E-state index in [0.717, 1.165) is 11.8 Å². The summed E-state index contributed by atoms with van der Waals surface area (Å²) in [6.07, 6.45) is -5.64. The van der Waals surface area contributed by atoms with Gasteiger partial charge in [0.1, 0.15) is 0 Å². The van der Waals surface area contributed by atoms with E-state index < -0.39 is 18.1 Å². The fraction of sp³-hybridized carbons (Fsp3) is 0.250. The smallest absolute Gasteiger partial charge is 0.340 e. The molecule has 0 fully saturated rings. The van der Waals surface area contributed by atoms with Crippen molar-refractivity contribution >= 4 is 28.7 Å². The first-order valence-corrected chi connectivity index (χ1v) is 9.18. The topological polar surface area (TPSA) is 29.3 Å². The van der Waals surface area contributed by atoms with Crippen LogP contribution in [0.2, 0.25) is 5.02 Å². The highest BCUT2D eigenvalue weighted by atomic mass is 35.5. The zero-order chi connectivity index (χ0) is 23.0. The van der Waals surface area contributed by atoms with Crippen molar-refractivity contribution in [2.45, 2.75) is 31.6 Å². The molecule has 0 aliphatic carbocycles. The van der Waals surface area contributed by atoms with E-state index in [-0.39, 0.29) is 0 Å². The van der Waals surface area contributed by atoms with E-state index >= 15 is 0 Å². The van der Waals surface area contributed by atoms with Crippen LogP contribution in [-0.4, -0.2) is 28.9 Å². The molecule has 3 rings (SSSR count). The van der Waals surface area contributed by atoms with Gasteiger partial charge in [0.05, 0.1) is 6.21 Å². The van der Waals surface area contributed by atoms with Gasteiger partial charge in [-0.3, -0.25) is 0 Å². The fourth-order valence-corrected chi connectivity index (χ4v) is 3.15. The molecule has 0 unspecified atom stereocenters. The average molecular weight is 466 g/mol. The van der Waals surface area contributed by atoms with E-state index in [0.29, 0.717) is 39.2 Å². The number of hydrazone groups is 1. The minimum Gasteiger partial charge on any atom is -0.340 e. The van der Waals surface area contributed by atoms with Gasteiger partial charge in [-0.15, -0.1) is 0 Å². The molecular formula is C20H15ClF7N3. The number of nitrogens with zero attached hydrogens (tertiary/aromatic N) is 2. The molecule has 0 atom stereocenters. The van der Waals surface area contributed by atoms with Gasteiger partial charge in [-0.25, -0.2) is 5.43 Å². The molecule has 31 heavy (non-hydrogen) atoms. The van der Waals surface area contributed by atoms with Crippen LogP contribution in [-0.2, 0) is 6.54 Å². The second-order valence-corrected chi connectivity index (χ2v) is 7.18. The summed E-state index contributed by atoms with van der Waals surface area (Å²) in [4.78, 5) is 0. The number of rotatable bonds is 6. The monoisotopic (exact) mass is 465 g/mol. The summed E-state index contributed by atoms with van der Waals surface area (Å²) in [6.45, 7) is 2.03. The van der Waals surface area contributed by atoms with Crippen LogP contribution in [0.3, 0.4) is 0 Å². The van der Waals surface area contributed by atoms with Crippen molar-refractivity contribution in [1.82, 2.24) is 9.99 Å². The van der Waals surface area contributed by atoms with E-state index in [1.54, 1.807) is 55.5 Å². The first-order chi connectivity index (χ1) is 14.3. The minimum atomic E-state index is -6.44. The van der Waals surface area contributed by atoms with E-state index in [1.807, 2.05) is 4.57 Å². The van der Waals surface area contributed by atoms with Crippen LogP contribution >= 0.6 is 11.6 Å². The van der Waals surface area contributed by atoms with E-state index in [2.05, 4.69) is 5.10 Å². The van der Waals surface area contributed by atoms with Gasteiger partial charge >= 0.3 is 18.1 Å². The zero-order valence-corrected chi connectivity index (χ0v) is 16.6. The van der Waals surface area contributed by atoms with Gasteiger partial charge < -0.3 is 4.57 Å². The SMILES string of the molecule is Cc1c(/C=N/NC(F)(F)C(F)(F)C(F)(F)F)c2ccccc2n1Cc1ccc(Cl)cc1. The lowest BCUT2D eigenvalue weighted by atomic mass is 10.1. The molecule has 0 saturated carbocycles. The summed E-state index contributed by atoms with van der Waals surface area (Å²) in [5, 5.41) is 4.11. The van der Waals surface area contributed by atoms with Crippen molar-refractivity contribution in [3.63, 3.8) is 0 Å². The highest BCUT2D eigenvalue weighted by Crippen LogP contribution is 2.45. The number of halogens is 8. The van der Waals surface area contributed by atoms with Crippen molar-refractivity contribution in [2.75, 3.05) is 0 Å². The van der Waals surface area contributed by atoms with Crippen molar-refractivity contribution in [2.24, 2.45) is 5.10 Å². The van der Waals surface area contributed by atoms with E-state index in [9.17, 15) is 30.7 Å². The van der Waals surface area contributed by atoms with Gasteiger partial charge in [-0.1, -0.05) is 41.9 Å². The molecule has 11 heteroatoms. The largest absolute Gasteiger partial charge is 0.462 e. The molecule has 2 aromatic carbocycles. The summed E-state index contributed by atoms with van der Waals surface area (Å²) in [6, 6.07) is 8.21. The van der Waals surface area contributed by atoms with Gasteiger partial charge in [-0.2, -0.15) is 35.8 Å². The van der Waals surface area contributed by atoms with Gasteiger partial charge in [0.2, 0.25) is 0 Å². The highest BCUT2D eigenvalue weighted by molar-refractivity contribution is 6.30. The lowest BCUT2D eigenvalue weighted by molar-refractivity contribution is -0.361. The third-order valence-electron chi connectivity index (χ3n) is 4.68. The predicted molar refractivity (Wildman–Crippen MR) is 104 cm³/mol. The van der Waals surface area contributed by atoms with Crippen molar-refractivity contribution in [1.29, 1.82) is 0 Å². The molecule has 166 valence electrons. The maximum atomic E-state index is 13.4. The van der Waals surface area contributed by atoms with Crippen LogP contribution < -0.4 is 5.43 Å². The quantitative estimate of drug-likeness (QED) is 0.195. The maximum Gasteiger partial charge on any atom is 0.462 e. The van der Waals surface area contributed by atoms with Crippen LogP contribution in [0.5, 0.6) is 0 Å². The Balaban J connectivity index is 1.94. The summed E-state index contributed by atoms with van der Waals surface area (Å²) in [7, 11) is 0. The molecule has 0 bridgehead atoms. The van der Waals surface area contributed by atoms with Crippen molar-refractivity contribution in [3.8, 4) is 0 Å². The minimum absolute atomic E-state index is 0.295. The number of aromatic nitrogens is 1. The lowest BCUT2D eigenvalue weighted by Crippen LogP contribution is -2.58. The summed E-state index contributed by atoms with van der Waals surface area (Å²) >= 11 is 5.88. The van der Waals surface area contributed by atoms with Gasteiger partial charge in [-0.05, 0) is 30.7 Å². The van der Waals surface area contributed by atoms with Gasteiger partial charge in [0.25, 0.3) is 0 Å². The van der Waals surface area contributed by atoms with E-state index in [1.165, 1.54) is 0 Å². The summed E-state index contributed by atoms with van der Waals surface area (Å²) < 4.78 is 91.5. The number of hydrogen-bond donors (Lipinski definition) is 1. The Labute approximate surface area is 177 Å². The standard InChI is InChI=1S/C20H15ClF7N3/c1-12-16(10-29-30-20(27,28)18(22,23)19(24,25)26)15-4-2-3-5-17(15)31(12)11-13-6-8-14(21)9-7-13/h2-10,30H,11H2,1H3/b29-10+. The van der Waals surface area contributed by atoms with Crippen LogP contribution in [0, 0.1) is 6.92 Å². The molecule has 0 spiro atoms. The number of alkyl halides is 7. The van der Waals surface area contributed by atoms with Gasteiger partial charge in [0.15, 0.2) is 0 Å². The zero-order valence-electron chi connectivity index (χ0n) is 15.8. The van der Waals surface area contributed by atoms with Crippen LogP contribution in [0.25, 0.3) is 10.9 Å². The molecule has 1 heterocycles. The number of benzene rings is 2. The Hall–Kier alpha value is -2.75.